The van der Waals surface area contributed by atoms with Crippen LogP contribution in [0.4, 0.5) is 0 Å². The fourth-order valence-electron chi connectivity index (χ4n) is 7.88. The lowest BCUT2D eigenvalue weighted by molar-refractivity contribution is -0.163. The molecule has 0 spiro atoms. The molecule has 0 aromatic carbocycles. The van der Waals surface area contributed by atoms with E-state index in [-0.39, 0.29) is 34.9 Å². The van der Waals surface area contributed by atoms with Crippen molar-refractivity contribution in [2.75, 3.05) is 0 Å². The Kier molecular flexibility index (Phi) is 3.93. The second-order valence-corrected chi connectivity index (χ2v) is 10.0. The predicted octanol–water partition coefficient (Wildman–Crippen LogP) is 3.57. The van der Waals surface area contributed by atoms with Crippen molar-refractivity contribution in [2.45, 2.75) is 84.3 Å². The molecule has 3 nitrogen and oxygen atoms in total. The zero-order valence-electron chi connectivity index (χ0n) is 15.5. The molecule has 136 valence electrons. The molecular formula is C21H34O3. The van der Waals surface area contributed by atoms with Crippen molar-refractivity contribution >= 4 is 5.78 Å². The van der Waals surface area contributed by atoms with Crippen LogP contribution in [0.15, 0.2) is 0 Å². The maximum atomic E-state index is 13.3. The van der Waals surface area contributed by atoms with Crippen LogP contribution in [0.1, 0.15) is 72.1 Å². The van der Waals surface area contributed by atoms with Crippen LogP contribution in [0.3, 0.4) is 0 Å². The number of rotatable bonds is 1. The van der Waals surface area contributed by atoms with Gasteiger partial charge in [0.1, 0.15) is 5.78 Å². The normalized spacial score (nSPS) is 55.5. The Morgan fingerprint density at radius 3 is 2.54 bits per heavy atom. The Bertz CT molecular complexity index is 529. The standard InChI is InChI=1S/C21H34O3/c1-12(22)16-6-7-17-15-5-4-13-10-14(23)8-9-20(13,2)19(15)18(24)11-21(16,17)3/h12-17,19,22-23H,4-11H2,1-3H3/t12-,13+,14-,15-,16+,17-,19+,20-,21+/m0/s1. The van der Waals surface area contributed by atoms with Gasteiger partial charge in [-0.2, -0.15) is 0 Å². The van der Waals surface area contributed by atoms with Crippen molar-refractivity contribution in [2.24, 2.45) is 40.4 Å². The second kappa shape index (κ2) is 5.54. The third-order valence-electron chi connectivity index (χ3n) is 8.98. The highest BCUT2D eigenvalue weighted by Crippen LogP contribution is 2.66. The minimum Gasteiger partial charge on any atom is -0.393 e. The van der Waals surface area contributed by atoms with Crippen molar-refractivity contribution in [1.82, 2.24) is 0 Å². The molecule has 4 fully saturated rings. The summed E-state index contributed by atoms with van der Waals surface area (Å²) in [5, 5.41) is 20.4. The van der Waals surface area contributed by atoms with Gasteiger partial charge in [-0.1, -0.05) is 13.8 Å². The molecule has 4 rings (SSSR count). The highest BCUT2D eigenvalue weighted by Gasteiger charge is 2.63. The molecule has 2 N–H and O–H groups in total. The summed E-state index contributed by atoms with van der Waals surface area (Å²) in [6.45, 7) is 6.55. The third-order valence-corrected chi connectivity index (χ3v) is 8.98. The van der Waals surface area contributed by atoms with Crippen LogP contribution in [0.5, 0.6) is 0 Å². The van der Waals surface area contributed by atoms with Gasteiger partial charge < -0.3 is 10.2 Å². The molecule has 0 unspecified atom stereocenters. The molecule has 9 atom stereocenters. The fraction of sp³-hybridized carbons (Fsp3) is 0.952. The van der Waals surface area contributed by atoms with Gasteiger partial charge >= 0.3 is 0 Å². The van der Waals surface area contributed by atoms with Gasteiger partial charge in [0.25, 0.3) is 0 Å². The van der Waals surface area contributed by atoms with E-state index in [1.807, 2.05) is 6.92 Å². The van der Waals surface area contributed by atoms with E-state index in [1.54, 1.807) is 0 Å². The number of Topliss-reactive ketones (excluding diaryl/α,β-unsaturated/α-hetero) is 1. The minimum atomic E-state index is -0.305. The van der Waals surface area contributed by atoms with Gasteiger partial charge in [-0.05, 0) is 86.4 Å². The van der Waals surface area contributed by atoms with E-state index in [0.717, 1.165) is 32.1 Å². The highest BCUT2D eigenvalue weighted by molar-refractivity contribution is 5.84. The Labute approximate surface area is 146 Å². The molecule has 4 aliphatic rings. The van der Waals surface area contributed by atoms with Crippen molar-refractivity contribution in [3.8, 4) is 0 Å². The van der Waals surface area contributed by atoms with E-state index in [4.69, 9.17) is 0 Å². The van der Waals surface area contributed by atoms with Crippen LogP contribution in [-0.4, -0.2) is 28.2 Å². The SMILES string of the molecule is C[C@H](O)[C@H]1CC[C@H]2[C@@H]3CC[C@@H]4C[C@@H](O)CC[C@]4(C)[C@H]3C(=O)C[C@]12C. The van der Waals surface area contributed by atoms with Crippen molar-refractivity contribution in [3.63, 3.8) is 0 Å². The number of fused-ring (bicyclic) bond motifs is 5. The van der Waals surface area contributed by atoms with Crippen LogP contribution in [0.25, 0.3) is 0 Å². The first-order chi connectivity index (χ1) is 11.3. The molecule has 0 heterocycles. The van der Waals surface area contributed by atoms with E-state index < -0.39 is 0 Å². The summed E-state index contributed by atoms with van der Waals surface area (Å²) < 4.78 is 0. The maximum absolute atomic E-state index is 13.3. The molecule has 0 radical (unpaired) electrons. The average molecular weight is 335 g/mol. The molecule has 0 amide bonds. The van der Waals surface area contributed by atoms with Gasteiger partial charge in [0.2, 0.25) is 0 Å². The number of aliphatic hydroxyl groups excluding tert-OH is 2. The number of carbonyl (C=O) groups is 1. The quantitative estimate of drug-likeness (QED) is 0.771. The van der Waals surface area contributed by atoms with Crippen LogP contribution in [-0.2, 0) is 4.79 Å². The smallest absolute Gasteiger partial charge is 0.137 e. The number of aliphatic hydroxyl groups is 2. The second-order valence-electron chi connectivity index (χ2n) is 10.0. The maximum Gasteiger partial charge on any atom is 0.137 e. The zero-order valence-corrected chi connectivity index (χ0v) is 15.5. The lowest BCUT2D eigenvalue weighted by Gasteiger charge is -2.60. The van der Waals surface area contributed by atoms with Crippen LogP contribution < -0.4 is 0 Å². The molecule has 3 heteroatoms. The average Bonchev–Trinajstić information content (AvgIpc) is 2.84. The molecular weight excluding hydrogens is 300 g/mol. The number of carbonyl (C=O) groups excluding carboxylic acids is 1. The fourth-order valence-corrected chi connectivity index (χ4v) is 7.88. The first kappa shape index (κ1) is 17.0. The number of hydrogen-bond donors (Lipinski definition) is 2. The van der Waals surface area contributed by atoms with Crippen molar-refractivity contribution < 1.29 is 15.0 Å². The Hall–Kier alpha value is -0.410. The largest absolute Gasteiger partial charge is 0.393 e. The molecule has 0 saturated heterocycles. The Morgan fingerprint density at radius 1 is 1.08 bits per heavy atom. The Morgan fingerprint density at radius 2 is 1.83 bits per heavy atom. The highest BCUT2D eigenvalue weighted by atomic mass is 16.3. The van der Waals surface area contributed by atoms with Crippen LogP contribution in [0.2, 0.25) is 0 Å². The van der Waals surface area contributed by atoms with Gasteiger partial charge in [-0.15, -0.1) is 0 Å². The first-order valence-electron chi connectivity index (χ1n) is 10.2. The minimum absolute atomic E-state index is 0.00376. The first-order valence-corrected chi connectivity index (χ1v) is 10.2. The van der Waals surface area contributed by atoms with Gasteiger partial charge in [0.05, 0.1) is 12.2 Å². The van der Waals surface area contributed by atoms with Gasteiger partial charge in [-0.25, -0.2) is 0 Å². The summed E-state index contributed by atoms with van der Waals surface area (Å²) in [5.41, 5.74) is 0.104. The van der Waals surface area contributed by atoms with Gasteiger partial charge in [0.15, 0.2) is 0 Å². The lowest BCUT2D eigenvalue weighted by Crippen LogP contribution is -2.58. The van der Waals surface area contributed by atoms with Crippen LogP contribution >= 0.6 is 0 Å². The van der Waals surface area contributed by atoms with E-state index in [9.17, 15) is 15.0 Å². The summed E-state index contributed by atoms with van der Waals surface area (Å²) in [4.78, 5) is 13.3. The lowest BCUT2D eigenvalue weighted by atomic mass is 9.44. The van der Waals surface area contributed by atoms with Gasteiger partial charge in [0, 0.05) is 12.3 Å². The summed E-state index contributed by atoms with van der Waals surface area (Å²) in [5.74, 6) is 2.58. The predicted molar refractivity (Wildman–Crippen MR) is 93.3 cm³/mol. The summed E-state index contributed by atoms with van der Waals surface area (Å²) in [7, 11) is 0. The summed E-state index contributed by atoms with van der Waals surface area (Å²) in [6, 6.07) is 0. The summed E-state index contributed by atoms with van der Waals surface area (Å²) in [6.07, 6.45) is 7.56. The van der Waals surface area contributed by atoms with E-state index >= 15 is 0 Å². The zero-order chi connectivity index (χ0) is 17.3. The molecule has 0 aromatic rings. The Balaban J connectivity index is 1.67. The third kappa shape index (κ3) is 2.19. The number of hydrogen-bond acceptors (Lipinski definition) is 3. The number of ketones is 1. The van der Waals surface area contributed by atoms with E-state index in [0.29, 0.717) is 30.0 Å². The molecule has 0 bridgehead atoms. The molecule has 4 aliphatic carbocycles. The molecule has 0 aromatic heterocycles. The molecule has 4 saturated carbocycles. The van der Waals surface area contributed by atoms with Crippen molar-refractivity contribution in [1.29, 1.82) is 0 Å². The van der Waals surface area contributed by atoms with Gasteiger partial charge in [-0.3, -0.25) is 4.79 Å². The van der Waals surface area contributed by atoms with E-state index in [1.165, 1.54) is 12.8 Å². The molecule has 0 aliphatic heterocycles. The van der Waals surface area contributed by atoms with Crippen LogP contribution in [0, 0.1) is 40.4 Å². The monoisotopic (exact) mass is 334 g/mol. The summed E-state index contributed by atoms with van der Waals surface area (Å²) >= 11 is 0. The topological polar surface area (TPSA) is 57.5 Å². The van der Waals surface area contributed by atoms with E-state index in [2.05, 4.69) is 13.8 Å². The molecule has 24 heavy (non-hydrogen) atoms. The van der Waals surface area contributed by atoms with Crippen molar-refractivity contribution in [3.05, 3.63) is 0 Å².